The van der Waals surface area contributed by atoms with E-state index in [9.17, 15) is 13.2 Å². The smallest absolute Gasteiger partial charge is 0.401 e. The minimum Gasteiger partial charge on any atom is -0.508 e. The second-order valence-corrected chi connectivity index (χ2v) is 4.17. The molecule has 1 heterocycles. The Morgan fingerprint density at radius 3 is 2.55 bits per heavy atom. The van der Waals surface area contributed by atoms with Crippen LogP contribution in [0.2, 0.25) is 0 Å². The summed E-state index contributed by atoms with van der Waals surface area (Å²) in [6.45, 7) is -1.25. The number of benzene rings is 1. The van der Waals surface area contributed by atoms with Crippen molar-refractivity contribution in [1.82, 2.24) is 15.5 Å². The van der Waals surface area contributed by atoms with E-state index in [0.717, 1.165) is 5.56 Å². The minimum absolute atomic E-state index is 0.100. The molecule has 0 fully saturated rings. The maximum Gasteiger partial charge on any atom is 0.401 e. The first-order valence-corrected chi connectivity index (χ1v) is 5.79. The summed E-state index contributed by atoms with van der Waals surface area (Å²) in [5.74, 6) is 0.626. The molecule has 2 rings (SSSR count). The molecule has 0 amide bonds. The lowest BCUT2D eigenvalue weighted by Crippen LogP contribution is -2.28. The van der Waals surface area contributed by atoms with Crippen molar-refractivity contribution in [3.05, 3.63) is 41.5 Å². The van der Waals surface area contributed by atoms with Gasteiger partial charge in [-0.2, -0.15) is 18.2 Å². The molecule has 0 aliphatic heterocycles. The van der Waals surface area contributed by atoms with Crippen molar-refractivity contribution in [3.8, 4) is 5.75 Å². The third-order valence-corrected chi connectivity index (χ3v) is 2.41. The van der Waals surface area contributed by atoms with Crippen molar-refractivity contribution < 1.29 is 22.8 Å². The van der Waals surface area contributed by atoms with Crippen LogP contribution in [-0.4, -0.2) is 28.0 Å². The van der Waals surface area contributed by atoms with Gasteiger partial charge in [-0.3, -0.25) is 0 Å². The van der Waals surface area contributed by atoms with Crippen molar-refractivity contribution in [2.45, 2.75) is 19.1 Å². The molecule has 8 heteroatoms. The SMILES string of the molecule is Oc1ccc(Cc2noc(CNCC(F)(F)F)n2)cc1. The van der Waals surface area contributed by atoms with Crippen LogP contribution in [0.15, 0.2) is 28.8 Å². The van der Waals surface area contributed by atoms with E-state index >= 15 is 0 Å². The first-order valence-electron chi connectivity index (χ1n) is 5.79. The van der Waals surface area contributed by atoms with Gasteiger partial charge in [0.2, 0.25) is 5.89 Å². The van der Waals surface area contributed by atoms with E-state index in [1.54, 1.807) is 12.1 Å². The topological polar surface area (TPSA) is 71.2 Å². The fourth-order valence-electron chi connectivity index (χ4n) is 1.54. The quantitative estimate of drug-likeness (QED) is 0.880. The van der Waals surface area contributed by atoms with E-state index in [2.05, 4.69) is 15.5 Å². The Hall–Kier alpha value is -2.09. The molecular formula is C12H12F3N3O2. The molecule has 0 aliphatic carbocycles. The van der Waals surface area contributed by atoms with Gasteiger partial charge in [-0.05, 0) is 17.7 Å². The Bertz CT molecular complexity index is 552. The summed E-state index contributed by atoms with van der Waals surface area (Å²) < 4.78 is 40.6. The average Bonchev–Trinajstić information content (AvgIpc) is 2.78. The molecule has 0 bridgehead atoms. The number of phenols is 1. The van der Waals surface area contributed by atoms with Crippen molar-refractivity contribution in [1.29, 1.82) is 0 Å². The lowest BCUT2D eigenvalue weighted by atomic mass is 10.1. The Morgan fingerprint density at radius 2 is 1.90 bits per heavy atom. The van der Waals surface area contributed by atoms with Crippen LogP contribution in [0.1, 0.15) is 17.3 Å². The second kappa shape index (κ2) is 5.91. The molecule has 20 heavy (non-hydrogen) atoms. The molecule has 1 aromatic heterocycles. The molecule has 108 valence electrons. The van der Waals surface area contributed by atoms with Gasteiger partial charge in [0.25, 0.3) is 0 Å². The predicted molar refractivity (Wildman–Crippen MR) is 63.0 cm³/mol. The highest BCUT2D eigenvalue weighted by Crippen LogP contribution is 2.14. The number of phenolic OH excluding ortho intramolecular Hbond substituents is 1. The summed E-state index contributed by atoms with van der Waals surface area (Å²) in [5, 5.41) is 15.0. The zero-order valence-corrected chi connectivity index (χ0v) is 10.3. The van der Waals surface area contributed by atoms with Gasteiger partial charge in [-0.1, -0.05) is 17.3 Å². The predicted octanol–water partition coefficient (Wildman–Crippen LogP) is 2.02. The monoisotopic (exact) mass is 287 g/mol. The molecule has 0 spiro atoms. The summed E-state index contributed by atoms with van der Waals surface area (Å²) >= 11 is 0. The van der Waals surface area contributed by atoms with Crippen LogP contribution in [0.3, 0.4) is 0 Å². The van der Waals surface area contributed by atoms with E-state index in [-0.39, 0.29) is 18.2 Å². The van der Waals surface area contributed by atoms with Crippen LogP contribution in [-0.2, 0) is 13.0 Å². The Balaban J connectivity index is 1.87. The maximum absolute atomic E-state index is 11.9. The van der Waals surface area contributed by atoms with Gasteiger partial charge in [0, 0.05) is 6.42 Å². The summed E-state index contributed by atoms with van der Waals surface area (Å²) in [5.41, 5.74) is 0.860. The van der Waals surface area contributed by atoms with Crippen LogP contribution < -0.4 is 5.32 Å². The first-order chi connectivity index (χ1) is 9.42. The number of halogens is 3. The standard InChI is InChI=1S/C12H12F3N3O2/c13-12(14,15)7-16-6-11-17-10(18-20-11)5-8-1-3-9(19)4-2-8/h1-4,16,19H,5-7H2. The van der Waals surface area contributed by atoms with E-state index in [1.807, 2.05) is 0 Å². The van der Waals surface area contributed by atoms with E-state index < -0.39 is 12.7 Å². The van der Waals surface area contributed by atoms with Crippen molar-refractivity contribution >= 4 is 0 Å². The molecule has 2 N–H and O–H groups in total. The van der Waals surface area contributed by atoms with Crippen molar-refractivity contribution in [2.24, 2.45) is 0 Å². The summed E-state index contributed by atoms with van der Waals surface area (Å²) in [6, 6.07) is 6.46. The number of aromatic nitrogens is 2. The number of hydrogen-bond acceptors (Lipinski definition) is 5. The van der Waals surface area contributed by atoms with Crippen molar-refractivity contribution in [3.63, 3.8) is 0 Å². The van der Waals surface area contributed by atoms with Gasteiger partial charge in [0.05, 0.1) is 13.1 Å². The lowest BCUT2D eigenvalue weighted by molar-refractivity contribution is -0.125. The molecule has 0 radical (unpaired) electrons. The van der Waals surface area contributed by atoms with E-state index in [4.69, 9.17) is 9.63 Å². The molecule has 1 aromatic carbocycles. The van der Waals surface area contributed by atoms with Gasteiger partial charge in [0.1, 0.15) is 5.75 Å². The third-order valence-electron chi connectivity index (χ3n) is 2.41. The first kappa shape index (κ1) is 14.3. The van der Waals surface area contributed by atoms with Crippen LogP contribution in [0, 0.1) is 0 Å². The van der Waals surface area contributed by atoms with Crippen LogP contribution in [0.4, 0.5) is 13.2 Å². The van der Waals surface area contributed by atoms with Gasteiger partial charge in [-0.25, -0.2) is 0 Å². The molecule has 0 saturated carbocycles. The number of rotatable bonds is 5. The minimum atomic E-state index is -4.27. The highest BCUT2D eigenvalue weighted by molar-refractivity contribution is 5.27. The van der Waals surface area contributed by atoms with Gasteiger partial charge >= 0.3 is 6.18 Å². The highest BCUT2D eigenvalue weighted by atomic mass is 19.4. The molecular weight excluding hydrogens is 275 g/mol. The average molecular weight is 287 g/mol. The zero-order valence-electron chi connectivity index (χ0n) is 10.3. The number of nitrogens with one attached hydrogen (secondary N) is 1. The molecule has 0 saturated heterocycles. The van der Waals surface area contributed by atoms with Crippen molar-refractivity contribution in [2.75, 3.05) is 6.54 Å². The van der Waals surface area contributed by atoms with Crippen LogP contribution in [0.5, 0.6) is 5.75 Å². The maximum atomic E-state index is 11.9. The Kier molecular flexibility index (Phi) is 4.23. The largest absolute Gasteiger partial charge is 0.508 e. The summed E-state index contributed by atoms with van der Waals surface area (Å²) in [7, 11) is 0. The third kappa shape index (κ3) is 4.54. The molecule has 0 unspecified atom stereocenters. The summed E-state index contributed by atoms with van der Waals surface area (Å²) in [6.07, 6.45) is -3.89. The molecule has 0 aliphatic rings. The zero-order chi connectivity index (χ0) is 14.6. The van der Waals surface area contributed by atoms with Gasteiger partial charge in [-0.15, -0.1) is 0 Å². The lowest BCUT2D eigenvalue weighted by Gasteiger charge is -2.05. The van der Waals surface area contributed by atoms with E-state index in [1.165, 1.54) is 12.1 Å². The van der Waals surface area contributed by atoms with Gasteiger partial charge in [0.15, 0.2) is 5.82 Å². The normalized spacial score (nSPS) is 11.8. The summed E-state index contributed by atoms with van der Waals surface area (Å²) in [4.78, 5) is 3.98. The fourth-order valence-corrected chi connectivity index (χ4v) is 1.54. The van der Waals surface area contributed by atoms with Crippen LogP contribution >= 0.6 is 0 Å². The number of hydrogen-bond donors (Lipinski definition) is 2. The highest BCUT2D eigenvalue weighted by Gasteiger charge is 2.26. The second-order valence-electron chi connectivity index (χ2n) is 4.17. The number of nitrogens with zero attached hydrogens (tertiary/aromatic N) is 2. The molecule has 2 aromatic rings. The Labute approximate surface area is 112 Å². The Morgan fingerprint density at radius 1 is 1.20 bits per heavy atom. The van der Waals surface area contributed by atoms with Gasteiger partial charge < -0.3 is 14.9 Å². The molecule has 0 atom stereocenters. The molecule has 5 nitrogen and oxygen atoms in total. The van der Waals surface area contributed by atoms with E-state index in [0.29, 0.717) is 12.2 Å². The number of alkyl halides is 3. The van der Waals surface area contributed by atoms with Crippen LogP contribution in [0.25, 0.3) is 0 Å². The number of aromatic hydroxyl groups is 1. The fraction of sp³-hybridized carbons (Fsp3) is 0.333.